The second kappa shape index (κ2) is 7.26. The number of carbonyl (C=O) groups is 1. The van der Waals surface area contributed by atoms with Crippen molar-refractivity contribution in [3.8, 4) is 5.75 Å². The number of primary amides is 1. The van der Waals surface area contributed by atoms with Gasteiger partial charge < -0.3 is 15.8 Å². The van der Waals surface area contributed by atoms with Crippen molar-refractivity contribution < 1.29 is 9.53 Å². The number of piperidine rings is 1. The van der Waals surface area contributed by atoms with E-state index in [9.17, 15) is 4.79 Å². The summed E-state index contributed by atoms with van der Waals surface area (Å²) in [7, 11) is 1.67. The summed E-state index contributed by atoms with van der Waals surface area (Å²) in [5.74, 6) is 0.642. The molecule has 2 rings (SSSR count). The number of likely N-dealkylation sites (tertiary alicyclic amines) is 1. The maximum atomic E-state index is 10.9. The first-order valence-corrected chi connectivity index (χ1v) is 7.04. The number of carbonyl (C=O) groups excluding carboxylic acids is 1. The highest BCUT2D eigenvalue weighted by atomic mass is 16.5. The molecule has 1 aliphatic heterocycles. The number of benzene rings is 1. The molecule has 0 unspecified atom stereocenters. The quantitative estimate of drug-likeness (QED) is 0.804. The summed E-state index contributed by atoms with van der Waals surface area (Å²) in [6, 6.07) is 8.63. The molecule has 5 heteroatoms. The lowest BCUT2D eigenvalue weighted by molar-refractivity contribution is -0.119. The summed E-state index contributed by atoms with van der Waals surface area (Å²) in [4.78, 5) is 13.0. The zero-order valence-electron chi connectivity index (χ0n) is 12.0. The van der Waals surface area contributed by atoms with Crippen molar-refractivity contribution in [3.63, 3.8) is 0 Å². The van der Waals surface area contributed by atoms with Gasteiger partial charge in [-0.2, -0.15) is 0 Å². The molecule has 0 atom stereocenters. The van der Waals surface area contributed by atoms with Crippen molar-refractivity contribution in [2.24, 2.45) is 5.73 Å². The molecule has 1 aliphatic rings. The third-order valence-corrected chi connectivity index (χ3v) is 3.72. The van der Waals surface area contributed by atoms with Gasteiger partial charge in [-0.05, 0) is 30.5 Å². The van der Waals surface area contributed by atoms with Crippen molar-refractivity contribution in [3.05, 3.63) is 29.8 Å². The van der Waals surface area contributed by atoms with Gasteiger partial charge in [-0.15, -0.1) is 0 Å². The van der Waals surface area contributed by atoms with Gasteiger partial charge in [0, 0.05) is 25.7 Å². The van der Waals surface area contributed by atoms with Crippen molar-refractivity contribution in [2.45, 2.75) is 25.4 Å². The fraction of sp³-hybridized carbons (Fsp3) is 0.533. The fourth-order valence-electron chi connectivity index (χ4n) is 2.52. The number of ether oxygens (including phenoxy) is 1. The Bertz CT molecular complexity index is 425. The number of rotatable bonds is 6. The summed E-state index contributed by atoms with van der Waals surface area (Å²) < 4.78 is 5.14. The summed E-state index contributed by atoms with van der Waals surface area (Å²) in [5, 5.41) is 3.57. The van der Waals surface area contributed by atoms with E-state index in [4.69, 9.17) is 10.5 Å². The van der Waals surface area contributed by atoms with Gasteiger partial charge in [0.2, 0.25) is 5.91 Å². The summed E-state index contributed by atoms with van der Waals surface area (Å²) in [6.45, 7) is 3.11. The molecule has 0 radical (unpaired) electrons. The normalized spacial score (nSPS) is 17.1. The third-order valence-electron chi connectivity index (χ3n) is 3.72. The van der Waals surface area contributed by atoms with Crippen LogP contribution in [0.3, 0.4) is 0 Å². The summed E-state index contributed by atoms with van der Waals surface area (Å²) >= 11 is 0. The molecule has 1 fully saturated rings. The largest absolute Gasteiger partial charge is 0.497 e. The van der Waals surface area contributed by atoms with Crippen LogP contribution in [0.2, 0.25) is 0 Å². The molecule has 0 aliphatic carbocycles. The van der Waals surface area contributed by atoms with E-state index in [1.54, 1.807) is 7.11 Å². The molecule has 0 saturated carbocycles. The molecule has 5 nitrogen and oxygen atoms in total. The molecular weight excluding hydrogens is 254 g/mol. The first-order chi connectivity index (χ1) is 9.67. The van der Waals surface area contributed by atoms with Crippen LogP contribution in [-0.2, 0) is 11.3 Å². The van der Waals surface area contributed by atoms with Gasteiger partial charge in [-0.3, -0.25) is 9.69 Å². The van der Waals surface area contributed by atoms with Gasteiger partial charge in [0.1, 0.15) is 5.75 Å². The topological polar surface area (TPSA) is 67.6 Å². The van der Waals surface area contributed by atoms with Crippen molar-refractivity contribution in [2.75, 3.05) is 26.7 Å². The zero-order chi connectivity index (χ0) is 14.4. The molecule has 110 valence electrons. The second-order valence-corrected chi connectivity index (χ2v) is 5.25. The van der Waals surface area contributed by atoms with Crippen LogP contribution in [0, 0.1) is 0 Å². The molecule has 3 N–H and O–H groups in total. The number of nitrogens with zero attached hydrogens (tertiary/aromatic N) is 1. The minimum absolute atomic E-state index is 0.241. The number of amides is 1. The van der Waals surface area contributed by atoms with Crippen LogP contribution in [0.15, 0.2) is 24.3 Å². The molecule has 0 aromatic heterocycles. The maximum absolute atomic E-state index is 10.9. The number of nitrogens with one attached hydrogen (secondary N) is 1. The van der Waals surface area contributed by atoms with Gasteiger partial charge in [0.15, 0.2) is 0 Å². The summed E-state index contributed by atoms with van der Waals surface area (Å²) in [6.07, 6.45) is 2.12. The molecular formula is C15H23N3O2. The maximum Gasteiger partial charge on any atom is 0.231 e. The molecule has 1 heterocycles. The van der Waals surface area contributed by atoms with Gasteiger partial charge in [-0.1, -0.05) is 12.1 Å². The Morgan fingerprint density at radius 1 is 1.35 bits per heavy atom. The molecule has 1 amide bonds. The number of nitrogens with two attached hydrogens (primary N) is 1. The van der Waals surface area contributed by atoms with Crippen LogP contribution in [-0.4, -0.2) is 43.6 Å². The van der Waals surface area contributed by atoms with E-state index >= 15 is 0 Å². The second-order valence-electron chi connectivity index (χ2n) is 5.25. The Kier molecular flexibility index (Phi) is 5.38. The zero-order valence-corrected chi connectivity index (χ0v) is 12.0. The van der Waals surface area contributed by atoms with E-state index in [2.05, 4.69) is 22.3 Å². The molecule has 20 heavy (non-hydrogen) atoms. The van der Waals surface area contributed by atoms with Crippen molar-refractivity contribution in [1.29, 1.82) is 0 Å². The molecule has 1 saturated heterocycles. The standard InChI is InChI=1S/C15H23N3O2/c1-20-14-4-2-12(3-5-14)10-17-13-6-8-18(9-7-13)11-15(16)19/h2-5,13,17H,6-11H2,1H3,(H2,16,19). The predicted molar refractivity (Wildman–Crippen MR) is 78.5 cm³/mol. The Hall–Kier alpha value is -1.59. The summed E-state index contributed by atoms with van der Waals surface area (Å²) in [5.41, 5.74) is 6.46. The van der Waals surface area contributed by atoms with E-state index in [1.807, 2.05) is 12.1 Å². The van der Waals surface area contributed by atoms with E-state index < -0.39 is 0 Å². The van der Waals surface area contributed by atoms with Crippen LogP contribution >= 0.6 is 0 Å². The van der Waals surface area contributed by atoms with Crippen LogP contribution in [0.1, 0.15) is 18.4 Å². The third kappa shape index (κ3) is 4.51. The van der Waals surface area contributed by atoms with Crippen LogP contribution in [0.25, 0.3) is 0 Å². The van der Waals surface area contributed by atoms with E-state index in [0.29, 0.717) is 12.6 Å². The monoisotopic (exact) mass is 277 g/mol. The van der Waals surface area contributed by atoms with Crippen LogP contribution in [0.5, 0.6) is 5.75 Å². The number of methoxy groups -OCH3 is 1. The minimum atomic E-state index is -0.241. The number of hydrogen-bond donors (Lipinski definition) is 2. The highest BCUT2D eigenvalue weighted by Crippen LogP contribution is 2.13. The predicted octanol–water partition coefficient (Wildman–Crippen LogP) is 0.735. The van der Waals surface area contributed by atoms with Gasteiger partial charge >= 0.3 is 0 Å². The Morgan fingerprint density at radius 2 is 2.00 bits per heavy atom. The first-order valence-electron chi connectivity index (χ1n) is 7.04. The Labute approximate surface area is 120 Å². The lowest BCUT2D eigenvalue weighted by Gasteiger charge is -2.31. The Balaban J connectivity index is 1.71. The molecule has 1 aromatic carbocycles. The molecule has 0 spiro atoms. The van der Waals surface area contributed by atoms with Crippen LogP contribution in [0.4, 0.5) is 0 Å². The lowest BCUT2D eigenvalue weighted by Crippen LogP contribution is -2.45. The lowest BCUT2D eigenvalue weighted by atomic mass is 10.0. The van der Waals surface area contributed by atoms with Crippen molar-refractivity contribution in [1.82, 2.24) is 10.2 Å². The highest BCUT2D eigenvalue weighted by molar-refractivity contribution is 5.75. The number of hydrogen-bond acceptors (Lipinski definition) is 4. The average Bonchev–Trinajstić information content (AvgIpc) is 2.46. The first kappa shape index (κ1) is 14.8. The molecule has 1 aromatic rings. The van der Waals surface area contributed by atoms with E-state index in [-0.39, 0.29) is 5.91 Å². The van der Waals surface area contributed by atoms with E-state index in [1.165, 1.54) is 5.56 Å². The van der Waals surface area contributed by atoms with Gasteiger partial charge in [-0.25, -0.2) is 0 Å². The average molecular weight is 277 g/mol. The SMILES string of the molecule is COc1ccc(CNC2CCN(CC(N)=O)CC2)cc1. The van der Waals surface area contributed by atoms with Gasteiger partial charge in [0.05, 0.1) is 13.7 Å². The van der Waals surface area contributed by atoms with Crippen LogP contribution < -0.4 is 15.8 Å². The Morgan fingerprint density at radius 3 is 2.55 bits per heavy atom. The smallest absolute Gasteiger partial charge is 0.231 e. The van der Waals surface area contributed by atoms with Crippen molar-refractivity contribution >= 4 is 5.91 Å². The van der Waals surface area contributed by atoms with Gasteiger partial charge in [0.25, 0.3) is 0 Å². The van der Waals surface area contributed by atoms with E-state index in [0.717, 1.165) is 38.2 Å². The highest BCUT2D eigenvalue weighted by Gasteiger charge is 2.19. The minimum Gasteiger partial charge on any atom is -0.497 e. The fourth-order valence-corrected chi connectivity index (χ4v) is 2.52. The molecule has 0 bridgehead atoms.